The van der Waals surface area contributed by atoms with Crippen molar-refractivity contribution in [2.24, 2.45) is 0 Å². The van der Waals surface area contributed by atoms with Crippen molar-refractivity contribution in [1.29, 1.82) is 0 Å². The van der Waals surface area contributed by atoms with Crippen LogP contribution in [0.5, 0.6) is 0 Å². The minimum Gasteiger partial charge on any atom is -0.481 e. The van der Waals surface area contributed by atoms with E-state index in [-0.39, 0.29) is 6.42 Å². The van der Waals surface area contributed by atoms with E-state index in [2.05, 4.69) is 10.6 Å². The molecule has 0 spiro atoms. The van der Waals surface area contributed by atoms with Crippen LogP contribution in [0.15, 0.2) is 60.8 Å². The SMILES string of the molecule is CN1C=CC(=O)C(NC(=O)N[C@@H](CC(=O)O)c2cccc(Cc3ccc(C(F)(F)F)cc3)c2)C1=O. The third-order valence-corrected chi connectivity index (χ3v) is 5.34. The number of carboxylic acid groups (broad SMARTS) is 1. The van der Waals surface area contributed by atoms with Crippen LogP contribution >= 0.6 is 0 Å². The number of amides is 3. The molecule has 0 fully saturated rings. The number of hydrogen-bond donors (Lipinski definition) is 3. The van der Waals surface area contributed by atoms with Crippen molar-refractivity contribution < 1.29 is 37.5 Å². The van der Waals surface area contributed by atoms with Crippen LogP contribution in [-0.2, 0) is 27.0 Å². The van der Waals surface area contributed by atoms with Crippen molar-refractivity contribution in [2.75, 3.05) is 7.05 Å². The Kier molecular flexibility index (Phi) is 7.58. The number of hydrogen-bond acceptors (Lipinski definition) is 4. The molecule has 8 nitrogen and oxygen atoms in total. The second-order valence-corrected chi connectivity index (χ2v) is 7.99. The molecule has 2 aromatic carbocycles. The van der Waals surface area contributed by atoms with Crippen LogP contribution in [0.3, 0.4) is 0 Å². The summed E-state index contributed by atoms with van der Waals surface area (Å²) in [5.41, 5.74) is 0.972. The van der Waals surface area contributed by atoms with Gasteiger partial charge in [-0.15, -0.1) is 0 Å². The van der Waals surface area contributed by atoms with Gasteiger partial charge in [0.1, 0.15) is 0 Å². The number of rotatable bonds is 7. The van der Waals surface area contributed by atoms with Crippen molar-refractivity contribution in [2.45, 2.75) is 31.1 Å². The highest BCUT2D eigenvalue weighted by atomic mass is 19.4. The van der Waals surface area contributed by atoms with Crippen LogP contribution < -0.4 is 10.6 Å². The Morgan fingerprint density at radius 1 is 1.09 bits per heavy atom. The van der Waals surface area contributed by atoms with Crippen molar-refractivity contribution in [3.8, 4) is 0 Å². The predicted molar refractivity (Wildman–Crippen MR) is 118 cm³/mol. The molecule has 0 radical (unpaired) electrons. The van der Waals surface area contributed by atoms with Crippen LogP contribution in [0.4, 0.5) is 18.0 Å². The zero-order chi connectivity index (χ0) is 25.8. The quantitative estimate of drug-likeness (QED) is 0.517. The van der Waals surface area contributed by atoms with Gasteiger partial charge in [0.25, 0.3) is 5.91 Å². The molecular weight excluding hydrogens is 467 g/mol. The first-order chi connectivity index (χ1) is 16.4. The van der Waals surface area contributed by atoms with Gasteiger partial charge in [-0.1, -0.05) is 36.4 Å². The largest absolute Gasteiger partial charge is 0.481 e. The molecule has 1 aliphatic rings. The maximum atomic E-state index is 12.8. The number of carboxylic acids is 1. The Balaban J connectivity index is 1.74. The third kappa shape index (κ3) is 6.69. The van der Waals surface area contributed by atoms with E-state index in [0.717, 1.165) is 23.1 Å². The lowest BCUT2D eigenvalue weighted by molar-refractivity contribution is -0.138. The maximum Gasteiger partial charge on any atom is 0.416 e. The molecule has 1 heterocycles. The van der Waals surface area contributed by atoms with Gasteiger partial charge in [0.15, 0.2) is 11.8 Å². The van der Waals surface area contributed by atoms with E-state index in [4.69, 9.17) is 0 Å². The molecule has 0 saturated heterocycles. The Morgan fingerprint density at radius 2 is 1.77 bits per heavy atom. The lowest BCUT2D eigenvalue weighted by Gasteiger charge is -2.25. The van der Waals surface area contributed by atoms with Gasteiger partial charge in [0.05, 0.1) is 18.0 Å². The summed E-state index contributed by atoms with van der Waals surface area (Å²) in [5.74, 6) is -2.45. The molecule has 3 N–H and O–H groups in total. The topological polar surface area (TPSA) is 116 Å². The van der Waals surface area contributed by atoms with E-state index in [1.54, 1.807) is 24.3 Å². The Bertz CT molecular complexity index is 1160. The predicted octanol–water partition coefficient (Wildman–Crippen LogP) is 3.03. The van der Waals surface area contributed by atoms with Crippen molar-refractivity contribution >= 4 is 23.7 Å². The summed E-state index contributed by atoms with van der Waals surface area (Å²) in [5, 5.41) is 14.1. The number of nitrogens with zero attached hydrogens (tertiary/aromatic N) is 1. The average molecular weight is 489 g/mol. The molecule has 0 bridgehead atoms. The van der Waals surface area contributed by atoms with Gasteiger partial charge in [0, 0.05) is 19.3 Å². The van der Waals surface area contributed by atoms with Gasteiger partial charge in [-0.05, 0) is 35.2 Å². The summed E-state index contributed by atoms with van der Waals surface area (Å²) in [4.78, 5) is 49.2. The van der Waals surface area contributed by atoms with Gasteiger partial charge in [-0.3, -0.25) is 14.4 Å². The van der Waals surface area contributed by atoms with Gasteiger partial charge in [-0.2, -0.15) is 13.2 Å². The van der Waals surface area contributed by atoms with Crippen LogP contribution in [0, 0.1) is 0 Å². The van der Waals surface area contributed by atoms with E-state index in [1.165, 1.54) is 25.4 Å². The molecule has 1 aliphatic heterocycles. The van der Waals surface area contributed by atoms with Crippen molar-refractivity contribution in [1.82, 2.24) is 15.5 Å². The van der Waals surface area contributed by atoms with Crippen LogP contribution in [0.2, 0.25) is 0 Å². The highest BCUT2D eigenvalue weighted by Crippen LogP contribution is 2.29. The molecule has 2 atom stereocenters. The zero-order valence-electron chi connectivity index (χ0n) is 18.5. The number of urea groups is 1. The van der Waals surface area contributed by atoms with E-state index >= 15 is 0 Å². The van der Waals surface area contributed by atoms with Crippen LogP contribution in [-0.4, -0.2) is 46.8 Å². The monoisotopic (exact) mass is 489 g/mol. The lowest BCUT2D eigenvalue weighted by atomic mass is 9.97. The molecule has 184 valence electrons. The fourth-order valence-corrected chi connectivity index (χ4v) is 3.54. The maximum absolute atomic E-state index is 12.8. The van der Waals surface area contributed by atoms with Crippen molar-refractivity contribution in [3.63, 3.8) is 0 Å². The second kappa shape index (κ2) is 10.4. The summed E-state index contributed by atoms with van der Waals surface area (Å²) in [6, 6.07) is 7.95. The molecule has 2 aromatic rings. The van der Waals surface area contributed by atoms with Crippen LogP contribution in [0.25, 0.3) is 0 Å². The molecule has 0 aromatic heterocycles. The zero-order valence-corrected chi connectivity index (χ0v) is 18.5. The highest BCUT2D eigenvalue weighted by Gasteiger charge is 2.33. The summed E-state index contributed by atoms with van der Waals surface area (Å²) in [6.45, 7) is 0. The Morgan fingerprint density at radius 3 is 2.40 bits per heavy atom. The summed E-state index contributed by atoms with van der Waals surface area (Å²) < 4.78 is 38.3. The first-order valence-corrected chi connectivity index (χ1v) is 10.5. The summed E-state index contributed by atoms with van der Waals surface area (Å²) in [7, 11) is 1.42. The van der Waals surface area contributed by atoms with E-state index in [0.29, 0.717) is 16.7 Å². The van der Waals surface area contributed by atoms with E-state index in [1.807, 2.05) is 0 Å². The number of nitrogens with one attached hydrogen (secondary N) is 2. The van der Waals surface area contributed by atoms with Crippen LogP contribution in [0.1, 0.15) is 34.7 Å². The fourth-order valence-electron chi connectivity index (χ4n) is 3.54. The Labute approximate surface area is 198 Å². The van der Waals surface area contributed by atoms with Gasteiger partial charge in [-0.25, -0.2) is 4.79 Å². The molecule has 0 saturated carbocycles. The number of halogens is 3. The summed E-state index contributed by atoms with van der Waals surface area (Å²) >= 11 is 0. The van der Waals surface area contributed by atoms with E-state index < -0.39 is 53.9 Å². The standard InChI is InChI=1S/C24H22F3N3O5/c1-30-10-9-19(31)21(22(30)34)29-23(35)28-18(13-20(32)33)16-4-2-3-15(12-16)11-14-5-7-17(8-6-14)24(25,26)27/h2-10,12,18,21H,11,13H2,1H3,(H,32,33)(H2,28,29,35)/t18-,21?/m0/s1. The average Bonchev–Trinajstić information content (AvgIpc) is 2.78. The van der Waals surface area contributed by atoms with E-state index in [9.17, 15) is 37.5 Å². The summed E-state index contributed by atoms with van der Waals surface area (Å²) in [6.07, 6.45) is -2.22. The third-order valence-electron chi connectivity index (χ3n) is 5.34. The smallest absolute Gasteiger partial charge is 0.416 e. The number of benzene rings is 2. The lowest BCUT2D eigenvalue weighted by Crippen LogP contribution is -2.55. The molecule has 3 amide bonds. The molecular formula is C24H22F3N3O5. The first-order valence-electron chi connectivity index (χ1n) is 10.5. The number of carbonyl (C=O) groups excluding carboxylic acids is 3. The Hall–Kier alpha value is -4.15. The first kappa shape index (κ1) is 25.5. The van der Waals surface area contributed by atoms with Gasteiger partial charge < -0.3 is 20.6 Å². The number of alkyl halides is 3. The molecule has 1 unspecified atom stereocenters. The number of likely N-dealkylation sites (N-methyl/N-ethyl adjacent to an activating group) is 1. The second-order valence-electron chi connectivity index (χ2n) is 7.99. The minimum absolute atomic E-state index is 0.279. The number of carbonyl (C=O) groups is 4. The molecule has 0 aliphatic carbocycles. The van der Waals surface area contributed by atoms with Gasteiger partial charge >= 0.3 is 18.2 Å². The number of ketones is 1. The highest BCUT2D eigenvalue weighted by molar-refractivity contribution is 6.14. The molecule has 3 rings (SSSR count). The normalized spacial score (nSPS) is 16.7. The molecule has 35 heavy (non-hydrogen) atoms. The fraction of sp³-hybridized carbons (Fsp3) is 0.250. The number of aliphatic carboxylic acids is 1. The van der Waals surface area contributed by atoms with Crippen molar-refractivity contribution in [3.05, 3.63) is 83.1 Å². The minimum atomic E-state index is -4.44. The molecule has 11 heteroatoms. The van der Waals surface area contributed by atoms with Gasteiger partial charge in [0.2, 0.25) is 0 Å².